The van der Waals surface area contributed by atoms with E-state index in [0.29, 0.717) is 29.2 Å². The van der Waals surface area contributed by atoms with Gasteiger partial charge in [-0.25, -0.2) is 0 Å². The summed E-state index contributed by atoms with van der Waals surface area (Å²) in [7, 11) is 0. The van der Waals surface area contributed by atoms with Gasteiger partial charge in [-0.05, 0) is 30.5 Å². The van der Waals surface area contributed by atoms with Gasteiger partial charge in [0.1, 0.15) is 0 Å². The Morgan fingerprint density at radius 3 is 2.48 bits per heavy atom. The molecule has 1 aromatic carbocycles. The Morgan fingerprint density at radius 2 is 1.96 bits per heavy atom. The van der Waals surface area contributed by atoms with Crippen LogP contribution in [-0.2, 0) is 4.79 Å². The van der Waals surface area contributed by atoms with Gasteiger partial charge < -0.3 is 15.3 Å². The summed E-state index contributed by atoms with van der Waals surface area (Å²) >= 11 is 6.11. The van der Waals surface area contributed by atoms with Gasteiger partial charge in [0.25, 0.3) is 5.91 Å². The van der Waals surface area contributed by atoms with Gasteiger partial charge in [0, 0.05) is 25.2 Å². The lowest BCUT2D eigenvalue weighted by Gasteiger charge is -2.21. The number of anilines is 1. The van der Waals surface area contributed by atoms with Crippen LogP contribution in [0.25, 0.3) is 0 Å². The number of carbonyl (C=O) groups is 2. The van der Waals surface area contributed by atoms with Crippen LogP contribution in [-0.4, -0.2) is 41.5 Å². The number of carbonyl (C=O) groups excluding carboxylic acids is 2. The molecule has 0 saturated carbocycles. The Hall–Kier alpha value is -1.59. The van der Waals surface area contributed by atoms with Gasteiger partial charge in [0.15, 0.2) is 0 Å². The van der Waals surface area contributed by atoms with E-state index in [2.05, 4.69) is 5.32 Å². The molecule has 1 aromatic rings. The van der Waals surface area contributed by atoms with E-state index in [4.69, 9.17) is 16.7 Å². The lowest BCUT2D eigenvalue weighted by Crippen LogP contribution is -2.33. The van der Waals surface area contributed by atoms with Crippen LogP contribution in [0.2, 0.25) is 5.02 Å². The van der Waals surface area contributed by atoms with Crippen molar-refractivity contribution in [3.8, 4) is 0 Å². The second-order valence-electron chi connectivity index (χ2n) is 6.59. The Labute approximate surface area is 142 Å². The minimum absolute atomic E-state index is 0.110. The molecule has 0 fully saturated rings. The molecule has 1 rings (SSSR count). The summed E-state index contributed by atoms with van der Waals surface area (Å²) in [4.78, 5) is 26.0. The Balaban J connectivity index is 2.95. The zero-order valence-corrected chi connectivity index (χ0v) is 14.9. The number of amides is 2. The summed E-state index contributed by atoms with van der Waals surface area (Å²) in [6.07, 6.45) is 0.379. The molecule has 128 valence electrons. The second-order valence-corrected chi connectivity index (χ2v) is 7.00. The van der Waals surface area contributed by atoms with Crippen molar-refractivity contribution in [2.24, 2.45) is 5.41 Å². The number of halogens is 1. The van der Waals surface area contributed by atoms with Crippen molar-refractivity contribution in [2.45, 2.75) is 34.1 Å². The molecule has 0 radical (unpaired) electrons. The fourth-order valence-electron chi connectivity index (χ4n) is 2.15. The molecule has 0 spiro atoms. The highest BCUT2D eigenvalue weighted by Gasteiger charge is 2.19. The third kappa shape index (κ3) is 6.20. The average Bonchev–Trinajstić information content (AvgIpc) is 2.44. The van der Waals surface area contributed by atoms with Gasteiger partial charge in [-0.3, -0.25) is 9.59 Å². The maximum absolute atomic E-state index is 12.5. The van der Waals surface area contributed by atoms with E-state index in [1.807, 2.05) is 27.7 Å². The molecule has 0 bridgehead atoms. The first-order valence-electron chi connectivity index (χ1n) is 7.67. The first kappa shape index (κ1) is 19.5. The predicted molar refractivity (Wildman–Crippen MR) is 92.8 cm³/mol. The number of rotatable bonds is 6. The van der Waals surface area contributed by atoms with E-state index in [1.54, 1.807) is 18.2 Å². The lowest BCUT2D eigenvalue weighted by molar-refractivity contribution is -0.117. The molecular weight excluding hydrogens is 316 g/mol. The normalized spacial score (nSPS) is 11.2. The van der Waals surface area contributed by atoms with Crippen molar-refractivity contribution in [1.29, 1.82) is 0 Å². The fourth-order valence-corrected chi connectivity index (χ4v) is 2.35. The van der Waals surface area contributed by atoms with Gasteiger partial charge in [0.2, 0.25) is 5.91 Å². The maximum Gasteiger partial charge on any atom is 0.255 e. The molecule has 0 heterocycles. The first-order chi connectivity index (χ1) is 10.7. The average molecular weight is 341 g/mol. The van der Waals surface area contributed by atoms with E-state index in [1.165, 1.54) is 4.90 Å². The van der Waals surface area contributed by atoms with Gasteiger partial charge in [-0.2, -0.15) is 0 Å². The third-order valence-corrected chi connectivity index (χ3v) is 3.54. The smallest absolute Gasteiger partial charge is 0.255 e. The molecule has 0 atom stereocenters. The summed E-state index contributed by atoms with van der Waals surface area (Å²) in [6, 6.07) is 4.83. The topological polar surface area (TPSA) is 69.6 Å². The van der Waals surface area contributed by atoms with E-state index < -0.39 is 0 Å². The fraction of sp³-hybridized carbons (Fsp3) is 0.529. The van der Waals surface area contributed by atoms with Crippen molar-refractivity contribution in [2.75, 3.05) is 25.0 Å². The van der Waals surface area contributed by atoms with E-state index >= 15 is 0 Å². The van der Waals surface area contributed by atoms with Crippen LogP contribution in [0.15, 0.2) is 18.2 Å². The van der Waals surface area contributed by atoms with Crippen LogP contribution in [0, 0.1) is 5.41 Å². The maximum atomic E-state index is 12.5. The number of aliphatic hydroxyl groups excluding tert-OH is 1. The quantitative estimate of drug-likeness (QED) is 0.835. The highest BCUT2D eigenvalue weighted by Crippen LogP contribution is 2.24. The summed E-state index contributed by atoms with van der Waals surface area (Å²) in [6.45, 7) is 8.38. The largest absolute Gasteiger partial charge is 0.395 e. The minimum atomic E-state index is -0.265. The highest BCUT2D eigenvalue weighted by atomic mass is 35.5. The van der Waals surface area contributed by atoms with Crippen LogP contribution < -0.4 is 5.32 Å². The first-order valence-corrected chi connectivity index (χ1v) is 8.05. The van der Waals surface area contributed by atoms with Crippen molar-refractivity contribution in [1.82, 2.24) is 4.90 Å². The number of benzene rings is 1. The number of nitrogens with one attached hydrogen (secondary N) is 1. The van der Waals surface area contributed by atoms with Crippen molar-refractivity contribution in [3.63, 3.8) is 0 Å². The van der Waals surface area contributed by atoms with Crippen LogP contribution in [0.3, 0.4) is 0 Å². The summed E-state index contributed by atoms with van der Waals surface area (Å²) < 4.78 is 0. The van der Waals surface area contributed by atoms with Crippen LogP contribution in [0.5, 0.6) is 0 Å². The molecule has 0 aliphatic carbocycles. The van der Waals surface area contributed by atoms with Gasteiger partial charge in [-0.1, -0.05) is 32.4 Å². The molecule has 0 aromatic heterocycles. The van der Waals surface area contributed by atoms with Gasteiger partial charge in [-0.15, -0.1) is 0 Å². The molecule has 0 unspecified atom stereocenters. The zero-order valence-electron chi connectivity index (χ0n) is 14.1. The number of likely N-dealkylation sites (N-methyl/N-ethyl adjacent to an activating group) is 1. The monoisotopic (exact) mass is 340 g/mol. The molecule has 2 amide bonds. The van der Waals surface area contributed by atoms with Crippen molar-refractivity contribution < 1.29 is 14.7 Å². The number of hydrogen-bond acceptors (Lipinski definition) is 3. The number of nitrogens with zero attached hydrogens (tertiary/aromatic N) is 1. The highest BCUT2D eigenvalue weighted by molar-refractivity contribution is 6.34. The molecular formula is C17H25ClN2O3. The number of aliphatic hydroxyl groups is 1. The predicted octanol–water partition coefficient (Wildman–Crippen LogP) is 3.17. The van der Waals surface area contributed by atoms with Crippen molar-refractivity contribution >= 4 is 29.1 Å². The molecule has 0 saturated heterocycles. The van der Waals surface area contributed by atoms with E-state index in [9.17, 15) is 9.59 Å². The summed E-state index contributed by atoms with van der Waals surface area (Å²) in [5.74, 6) is -0.376. The Kier molecular flexibility index (Phi) is 7.03. The SMILES string of the molecule is CCN(CCO)C(=O)c1cc(NC(=O)CC(C)(C)C)ccc1Cl. The van der Waals surface area contributed by atoms with Gasteiger partial charge in [0.05, 0.1) is 17.2 Å². The molecule has 0 aliphatic rings. The van der Waals surface area contributed by atoms with Crippen LogP contribution >= 0.6 is 11.6 Å². The standard InChI is InChI=1S/C17H25ClN2O3/c1-5-20(8-9-21)16(23)13-10-12(6-7-14(13)18)19-15(22)11-17(2,3)4/h6-7,10,21H,5,8-9,11H2,1-4H3,(H,19,22). The molecule has 2 N–H and O–H groups in total. The van der Waals surface area contributed by atoms with Crippen molar-refractivity contribution in [3.05, 3.63) is 28.8 Å². The van der Waals surface area contributed by atoms with E-state index in [0.717, 1.165) is 0 Å². The second kappa shape index (κ2) is 8.31. The molecule has 0 aliphatic heterocycles. The summed E-state index contributed by atoms with van der Waals surface area (Å²) in [5, 5.41) is 12.1. The lowest BCUT2D eigenvalue weighted by atomic mass is 9.92. The third-order valence-electron chi connectivity index (χ3n) is 3.21. The minimum Gasteiger partial charge on any atom is -0.395 e. The Morgan fingerprint density at radius 1 is 1.30 bits per heavy atom. The Bertz CT molecular complexity index is 567. The van der Waals surface area contributed by atoms with Crippen LogP contribution in [0.1, 0.15) is 44.5 Å². The van der Waals surface area contributed by atoms with Crippen LogP contribution in [0.4, 0.5) is 5.69 Å². The molecule has 23 heavy (non-hydrogen) atoms. The van der Waals surface area contributed by atoms with E-state index in [-0.39, 0.29) is 30.4 Å². The number of hydrogen-bond donors (Lipinski definition) is 2. The summed E-state index contributed by atoms with van der Waals surface area (Å²) in [5.41, 5.74) is 0.734. The molecule has 6 heteroatoms. The zero-order chi connectivity index (χ0) is 17.6. The van der Waals surface area contributed by atoms with Gasteiger partial charge >= 0.3 is 0 Å². The molecule has 5 nitrogen and oxygen atoms in total.